The number of hydrogen-bond acceptors (Lipinski definition) is 3. The van der Waals surface area contributed by atoms with E-state index in [0.29, 0.717) is 33.6 Å². The number of carbonyl (C=O) groups excluding carboxylic acids is 2. The molecule has 1 aromatic carbocycles. The lowest BCUT2D eigenvalue weighted by Crippen LogP contribution is -2.29. The van der Waals surface area contributed by atoms with E-state index in [4.69, 9.17) is 11.6 Å². The Bertz CT molecular complexity index is 914. The summed E-state index contributed by atoms with van der Waals surface area (Å²) in [5.41, 5.74) is 2.44. The molecular weight excluding hydrogens is 404 g/mol. The molecule has 156 valence electrons. The molecule has 1 aliphatic rings. The summed E-state index contributed by atoms with van der Waals surface area (Å²) in [5.74, 6) is 0.222. The second-order valence-corrected chi connectivity index (χ2v) is 10.3. The van der Waals surface area contributed by atoms with Crippen LogP contribution in [0.15, 0.2) is 24.3 Å². The van der Waals surface area contributed by atoms with Crippen molar-refractivity contribution in [1.82, 2.24) is 5.32 Å². The van der Waals surface area contributed by atoms with Gasteiger partial charge in [0.2, 0.25) is 0 Å². The first-order valence-electron chi connectivity index (χ1n) is 10.2. The van der Waals surface area contributed by atoms with Crippen LogP contribution >= 0.6 is 22.9 Å². The lowest BCUT2D eigenvalue weighted by Gasteiger charge is -2.33. The molecule has 1 aromatic heterocycles. The Kier molecular flexibility index (Phi) is 6.69. The molecule has 1 heterocycles. The third-order valence-electron chi connectivity index (χ3n) is 5.57. The van der Waals surface area contributed by atoms with Gasteiger partial charge in [0, 0.05) is 22.0 Å². The van der Waals surface area contributed by atoms with Crippen LogP contribution < -0.4 is 10.6 Å². The number of anilines is 1. The highest BCUT2D eigenvalue weighted by molar-refractivity contribution is 7.17. The zero-order valence-electron chi connectivity index (χ0n) is 17.5. The Labute approximate surface area is 182 Å². The van der Waals surface area contributed by atoms with Crippen LogP contribution in [0.5, 0.6) is 0 Å². The van der Waals surface area contributed by atoms with Gasteiger partial charge in [-0.05, 0) is 60.8 Å². The molecule has 6 heteroatoms. The van der Waals surface area contributed by atoms with Crippen molar-refractivity contribution in [2.75, 3.05) is 11.9 Å². The summed E-state index contributed by atoms with van der Waals surface area (Å²) in [7, 11) is 0. The first-order chi connectivity index (χ1) is 13.7. The van der Waals surface area contributed by atoms with Crippen molar-refractivity contribution < 1.29 is 9.59 Å². The number of carbonyl (C=O) groups is 2. The van der Waals surface area contributed by atoms with Gasteiger partial charge in [0.15, 0.2) is 0 Å². The predicted molar refractivity (Wildman–Crippen MR) is 121 cm³/mol. The number of nitrogens with one attached hydrogen (secondary N) is 2. The molecule has 4 nitrogen and oxygen atoms in total. The molecule has 0 bridgehead atoms. The molecule has 29 heavy (non-hydrogen) atoms. The highest BCUT2D eigenvalue weighted by Gasteiger charge is 2.34. The van der Waals surface area contributed by atoms with E-state index in [0.717, 1.165) is 31.2 Å². The average Bonchev–Trinajstić information content (AvgIpc) is 3.02. The van der Waals surface area contributed by atoms with Crippen molar-refractivity contribution in [3.63, 3.8) is 0 Å². The minimum absolute atomic E-state index is 0.0973. The minimum Gasteiger partial charge on any atom is -0.352 e. The molecule has 2 aromatic rings. The molecule has 2 amide bonds. The topological polar surface area (TPSA) is 58.2 Å². The number of amides is 2. The third kappa shape index (κ3) is 5.01. The fraction of sp³-hybridized carbons (Fsp3) is 0.478. The second-order valence-electron chi connectivity index (χ2n) is 8.73. The van der Waals surface area contributed by atoms with E-state index < -0.39 is 0 Å². The molecule has 0 aliphatic heterocycles. The molecule has 0 radical (unpaired) electrons. The van der Waals surface area contributed by atoms with Crippen molar-refractivity contribution in [2.24, 2.45) is 11.3 Å². The van der Waals surface area contributed by atoms with Gasteiger partial charge in [0.05, 0.1) is 5.56 Å². The Balaban J connectivity index is 1.94. The lowest BCUT2D eigenvalue weighted by molar-refractivity contribution is 0.0953. The molecule has 0 spiro atoms. The number of benzene rings is 1. The Morgan fingerprint density at radius 2 is 2.00 bits per heavy atom. The summed E-state index contributed by atoms with van der Waals surface area (Å²) in [6.45, 7) is 9.46. The van der Waals surface area contributed by atoms with E-state index in [1.165, 1.54) is 4.88 Å². The van der Waals surface area contributed by atoms with E-state index >= 15 is 0 Å². The van der Waals surface area contributed by atoms with Crippen LogP contribution in [0.3, 0.4) is 0 Å². The number of hydrogen-bond donors (Lipinski definition) is 2. The van der Waals surface area contributed by atoms with Crippen LogP contribution in [0.4, 0.5) is 5.00 Å². The van der Waals surface area contributed by atoms with Gasteiger partial charge in [0.25, 0.3) is 11.8 Å². The van der Waals surface area contributed by atoms with Crippen molar-refractivity contribution in [2.45, 2.75) is 53.4 Å². The molecule has 3 rings (SSSR count). The van der Waals surface area contributed by atoms with Crippen molar-refractivity contribution in [1.29, 1.82) is 0 Å². The van der Waals surface area contributed by atoms with Crippen LogP contribution in [0.2, 0.25) is 5.02 Å². The average molecular weight is 433 g/mol. The smallest absolute Gasteiger partial charge is 0.256 e. The number of fused-ring (bicyclic) bond motifs is 1. The van der Waals surface area contributed by atoms with Gasteiger partial charge in [-0.15, -0.1) is 11.3 Å². The van der Waals surface area contributed by atoms with E-state index in [9.17, 15) is 9.59 Å². The predicted octanol–water partition coefficient (Wildman–Crippen LogP) is 5.94. The number of rotatable bonds is 5. The summed E-state index contributed by atoms with van der Waals surface area (Å²) in [6, 6.07) is 6.84. The zero-order chi connectivity index (χ0) is 21.2. The molecule has 1 unspecified atom stereocenters. The van der Waals surface area contributed by atoms with Crippen LogP contribution in [0, 0.1) is 11.3 Å². The van der Waals surface area contributed by atoms with Gasteiger partial charge >= 0.3 is 0 Å². The van der Waals surface area contributed by atoms with E-state index in [-0.39, 0.29) is 17.2 Å². The maximum atomic E-state index is 12.9. The number of thiophene rings is 1. The summed E-state index contributed by atoms with van der Waals surface area (Å²) in [5, 5.41) is 7.12. The Hall–Kier alpha value is -1.85. The molecule has 0 fully saturated rings. The van der Waals surface area contributed by atoms with Crippen LogP contribution in [-0.2, 0) is 12.8 Å². The van der Waals surface area contributed by atoms with E-state index in [1.807, 2.05) is 6.92 Å². The summed E-state index contributed by atoms with van der Waals surface area (Å²) in [6.07, 6.45) is 3.75. The molecule has 1 aliphatic carbocycles. The highest BCUT2D eigenvalue weighted by Crippen LogP contribution is 2.44. The van der Waals surface area contributed by atoms with Crippen LogP contribution in [0.25, 0.3) is 0 Å². The van der Waals surface area contributed by atoms with Gasteiger partial charge in [-0.25, -0.2) is 0 Å². The van der Waals surface area contributed by atoms with Crippen molar-refractivity contribution in [3.8, 4) is 0 Å². The monoisotopic (exact) mass is 432 g/mol. The fourth-order valence-corrected chi connectivity index (χ4v) is 5.30. The SMILES string of the molecule is CCCNC(=O)c1c(NC(=O)c2cccc(Cl)c2)sc2c1CCC(C(C)(C)C)C2. The summed E-state index contributed by atoms with van der Waals surface area (Å²) >= 11 is 7.58. The maximum Gasteiger partial charge on any atom is 0.256 e. The van der Waals surface area contributed by atoms with Crippen molar-refractivity contribution >= 4 is 39.8 Å². The van der Waals surface area contributed by atoms with E-state index in [2.05, 4.69) is 31.4 Å². The van der Waals surface area contributed by atoms with Gasteiger partial charge in [-0.1, -0.05) is 45.4 Å². The molecule has 0 saturated heterocycles. The largest absolute Gasteiger partial charge is 0.352 e. The molecular formula is C23H29ClN2O2S. The molecule has 2 N–H and O–H groups in total. The Morgan fingerprint density at radius 3 is 2.66 bits per heavy atom. The van der Waals surface area contributed by atoms with Gasteiger partial charge < -0.3 is 10.6 Å². The fourth-order valence-electron chi connectivity index (χ4n) is 3.79. The highest BCUT2D eigenvalue weighted by atomic mass is 35.5. The first kappa shape index (κ1) is 21.8. The van der Waals surface area contributed by atoms with Crippen molar-refractivity contribution in [3.05, 3.63) is 50.9 Å². The standard InChI is InChI=1S/C23H29ClN2O2S/c1-5-11-25-21(28)19-17-10-9-15(23(2,3)4)13-18(17)29-22(19)26-20(27)14-7-6-8-16(24)12-14/h6-8,12,15H,5,9-11,13H2,1-4H3,(H,25,28)(H,26,27). The lowest BCUT2D eigenvalue weighted by atomic mass is 9.72. The normalized spacial score (nSPS) is 16.2. The first-order valence-corrected chi connectivity index (χ1v) is 11.4. The summed E-state index contributed by atoms with van der Waals surface area (Å²) in [4.78, 5) is 26.9. The van der Waals surface area contributed by atoms with Gasteiger partial charge in [-0.3, -0.25) is 9.59 Å². The molecule has 0 saturated carbocycles. The van der Waals surface area contributed by atoms with Crippen LogP contribution in [-0.4, -0.2) is 18.4 Å². The minimum atomic E-state index is -0.247. The quantitative estimate of drug-likeness (QED) is 0.613. The number of halogens is 1. The van der Waals surface area contributed by atoms with Gasteiger partial charge in [-0.2, -0.15) is 0 Å². The second kappa shape index (κ2) is 8.88. The maximum absolute atomic E-state index is 12.9. The zero-order valence-corrected chi connectivity index (χ0v) is 19.1. The third-order valence-corrected chi connectivity index (χ3v) is 6.97. The summed E-state index contributed by atoms with van der Waals surface area (Å²) < 4.78 is 0. The van der Waals surface area contributed by atoms with Gasteiger partial charge in [0.1, 0.15) is 5.00 Å². The molecule has 1 atom stereocenters. The van der Waals surface area contributed by atoms with Crippen LogP contribution in [0.1, 0.15) is 71.7 Å². The van der Waals surface area contributed by atoms with E-state index in [1.54, 1.807) is 35.6 Å². The Morgan fingerprint density at radius 1 is 1.24 bits per heavy atom.